The fraction of sp³-hybridized carbons (Fsp3) is 0.200. The molecule has 0 bridgehead atoms. The normalized spacial score (nSPS) is 9.69. The Labute approximate surface area is 124 Å². The summed E-state index contributed by atoms with van der Waals surface area (Å²) in [5.74, 6) is 1.36. The Hall–Kier alpha value is -0.321. The number of nitrogens with zero attached hydrogens (tertiary/aromatic N) is 2. The van der Waals surface area contributed by atoms with E-state index in [4.69, 9.17) is 9.47 Å². The van der Waals surface area contributed by atoms with Crippen LogP contribution in [-0.2, 0) is 0 Å². The first kappa shape index (κ1) is 13.7. The topological polar surface area (TPSA) is 44.2 Å². The molecule has 2 aromatic rings. The van der Waals surface area contributed by atoms with Crippen molar-refractivity contribution in [3.63, 3.8) is 0 Å². The minimum atomic E-state index is 0. The average molecular weight is 293 g/mol. The van der Waals surface area contributed by atoms with Crippen LogP contribution in [0.25, 0.3) is 10.9 Å². The Kier molecular flexibility index (Phi) is 5.02. The predicted octanol–water partition coefficient (Wildman–Crippen LogP) is -0.475. The van der Waals surface area contributed by atoms with Gasteiger partial charge in [-0.25, -0.2) is 0 Å². The first-order valence-electron chi connectivity index (χ1n) is 4.32. The van der Waals surface area contributed by atoms with Gasteiger partial charge in [0.05, 0.1) is 0 Å². The second-order valence-electron chi connectivity index (χ2n) is 2.92. The Bertz CT molecular complexity index is 507. The third kappa shape index (κ3) is 2.50. The predicted molar refractivity (Wildman–Crippen MR) is 66.6 cm³/mol. The van der Waals surface area contributed by atoms with Gasteiger partial charge in [-0.2, -0.15) is 0 Å². The first-order valence-corrected chi connectivity index (χ1v) is 5.25. The molecule has 0 saturated heterocycles. The van der Waals surface area contributed by atoms with E-state index >= 15 is 0 Å². The molecule has 0 spiro atoms. The Morgan fingerprint density at radius 2 is 1.69 bits per heavy atom. The molecular formula is C10H11N2NaO2Se. The second-order valence-corrected chi connectivity index (χ2v) is 3.81. The summed E-state index contributed by atoms with van der Waals surface area (Å²) in [4.78, 5) is 8.27. The molecular weight excluding hydrogens is 282 g/mol. The van der Waals surface area contributed by atoms with Gasteiger partial charge in [-0.3, -0.25) is 0 Å². The second kappa shape index (κ2) is 5.84. The van der Waals surface area contributed by atoms with Gasteiger partial charge in [-0.05, 0) is 0 Å². The Morgan fingerprint density at radius 3 is 2.31 bits per heavy atom. The zero-order valence-corrected chi connectivity index (χ0v) is 10.3. The van der Waals surface area contributed by atoms with E-state index in [1.807, 2.05) is 12.1 Å². The summed E-state index contributed by atoms with van der Waals surface area (Å²) in [6, 6.07) is 3.72. The van der Waals surface area contributed by atoms with Gasteiger partial charge in [-0.15, -0.1) is 0 Å². The monoisotopic (exact) mass is 294 g/mol. The van der Waals surface area contributed by atoms with Gasteiger partial charge in [0.25, 0.3) is 0 Å². The van der Waals surface area contributed by atoms with Crippen molar-refractivity contribution in [2.75, 3.05) is 14.2 Å². The first-order chi connectivity index (χ1) is 7.26. The molecule has 2 rings (SSSR count). The number of aromatic nitrogens is 2. The maximum absolute atomic E-state index is 5.21. The van der Waals surface area contributed by atoms with Crippen molar-refractivity contribution in [1.29, 1.82) is 0 Å². The van der Waals surface area contributed by atoms with E-state index < -0.39 is 0 Å². The quantitative estimate of drug-likeness (QED) is 0.702. The van der Waals surface area contributed by atoms with Gasteiger partial charge in [0.2, 0.25) is 0 Å². The molecule has 0 saturated carbocycles. The van der Waals surface area contributed by atoms with Gasteiger partial charge in [0.15, 0.2) is 0 Å². The molecule has 80 valence electrons. The Morgan fingerprint density at radius 1 is 1.06 bits per heavy atom. The van der Waals surface area contributed by atoms with E-state index in [0.29, 0.717) is 11.5 Å². The number of hydrogen-bond acceptors (Lipinski definition) is 4. The zero-order valence-electron chi connectivity index (χ0n) is 8.39. The molecule has 1 aromatic heterocycles. The van der Waals surface area contributed by atoms with Crippen molar-refractivity contribution in [1.82, 2.24) is 9.97 Å². The van der Waals surface area contributed by atoms with Gasteiger partial charge >= 0.3 is 125 Å². The molecule has 0 aliphatic rings. The van der Waals surface area contributed by atoms with E-state index in [2.05, 4.69) is 26.0 Å². The molecule has 0 aliphatic carbocycles. The van der Waals surface area contributed by atoms with Crippen molar-refractivity contribution >= 4 is 61.1 Å². The molecule has 16 heavy (non-hydrogen) atoms. The SMILES string of the molecule is COc1cc2ncnc([SeH])c2cc1OC.[NaH]. The molecule has 0 aliphatic heterocycles. The average Bonchev–Trinajstić information content (AvgIpc) is 2.28. The maximum atomic E-state index is 5.21. The number of fused-ring (bicyclic) bond motifs is 1. The Balaban J connectivity index is 0.00000128. The molecule has 0 fully saturated rings. The fourth-order valence-corrected chi connectivity index (χ4v) is 1.85. The van der Waals surface area contributed by atoms with Crippen molar-refractivity contribution in [2.24, 2.45) is 0 Å². The molecule has 1 aromatic carbocycles. The van der Waals surface area contributed by atoms with Crippen LogP contribution in [-0.4, -0.2) is 69.8 Å². The van der Waals surface area contributed by atoms with Crippen molar-refractivity contribution in [3.05, 3.63) is 18.5 Å². The van der Waals surface area contributed by atoms with E-state index in [1.54, 1.807) is 14.2 Å². The van der Waals surface area contributed by atoms with Crippen LogP contribution in [0.2, 0.25) is 0 Å². The summed E-state index contributed by atoms with van der Waals surface area (Å²) in [5, 5.41) is 0.954. The fourth-order valence-electron chi connectivity index (χ4n) is 1.37. The summed E-state index contributed by atoms with van der Waals surface area (Å²) in [6.07, 6.45) is 1.53. The molecule has 6 heteroatoms. The van der Waals surface area contributed by atoms with Crippen LogP contribution in [0, 0.1) is 0 Å². The molecule has 0 atom stereocenters. The van der Waals surface area contributed by atoms with Crippen LogP contribution in [0.15, 0.2) is 18.5 Å². The zero-order chi connectivity index (χ0) is 10.8. The number of ether oxygens (including phenoxy) is 2. The third-order valence-corrected chi connectivity index (χ3v) is 2.87. The molecule has 0 N–H and O–H groups in total. The van der Waals surface area contributed by atoms with E-state index in [0.717, 1.165) is 15.5 Å². The van der Waals surface area contributed by atoms with Gasteiger partial charge in [0, 0.05) is 0 Å². The minimum absolute atomic E-state index is 0. The van der Waals surface area contributed by atoms with Crippen LogP contribution < -0.4 is 14.1 Å². The number of rotatable bonds is 2. The van der Waals surface area contributed by atoms with Crippen LogP contribution in [0.4, 0.5) is 0 Å². The van der Waals surface area contributed by atoms with Crippen molar-refractivity contribution in [3.8, 4) is 11.5 Å². The van der Waals surface area contributed by atoms with E-state index in [9.17, 15) is 0 Å². The molecule has 0 unspecified atom stereocenters. The molecule has 0 amide bonds. The standard InChI is InChI=1S/C10H10N2O2Se.Na.H/c1-13-8-3-6-7(4-9(8)14-2)11-5-12-10(6)15;;/h3-5H,1-2H3,(H,11,12,15);;. The van der Waals surface area contributed by atoms with Crippen LogP contribution in [0.3, 0.4) is 0 Å². The van der Waals surface area contributed by atoms with E-state index in [-0.39, 0.29) is 29.6 Å². The third-order valence-electron chi connectivity index (χ3n) is 2.12. The van der Waals surface area contributed by atoms with Gasteiger partial charge < -0.3 is 0 Å². The molecule has 1 heterocycles. The van der Waals surface area contributed by atoms with Crippen molar-refractivity contribution in [2.45, 2.75) is 0 Å². The van der Waals surface area contributed by atoms with Crippen molar-refractivity contribution < 1.29 is 9.47 Å². The number of methoxy groups -OCH3 is 2. The summed E-state index contributed by atoms with van der Waals surface area (Å²) >= 11 is 2.41. The van der Waals surface area contributed by atoms with Crippen LogP contribution >= 0.6 is 0 Å². The number of benzene rings is 1. The summed E-state index contributed by atoms with van der Waals surface area (Å²) in [5.41, 5.74) is 0.846. The van der Waals surface area contributed by atoms with Crippen LogP contribution in [0.1, 0.15) is 0 Å². The van der Waals surface area contributed by atoms with Gasteiger partial charge in [-0.1, -0.05) is 0 Å². The molecule has 4 nitrogen and oxygen atoms in total. The number of hydrogen-bond donors (Lipinski definition) is 0. The summed E-state index contributed by atoms with van der Waals surface area (Å²) in [7, 11) is 3.21. The summed E-state index contributed by atoms with van der Waals surface area (Å²) in [6.45, 7) is 0. The van der Waals surface area contributed by atoms with Crippen LogP contribution in [0.5, 0.6) is 11.5 Å². The van der Waals surface area contributed by atoms with Gasteiger partial charge in [0.1, 0.15) is 0 Å². The molecule has 0 radical (unpaired) electrons. The summed E-state index contributed by atoms with van der Waals surface area (Å²) < 4.78 is 11.3. The van der Waals surface area contributed by atoms with E-state index in [1.165, 1.54) is 6.33 Å².